The van der Waals surface area contributed by atoms with Gasteiger partial charge in [-0.05, 0) is 34.3 Å². The summed E-state index contributed by atoms with van der Waals surface area (Å²) in [6.45, 7) is 8.13. The molecular formula is C14H20BrClN4OSSi. The van der Waals surface area contributed by atoms with E-state index in [0.717, 1.165) is 22.3 Å². The highest BCUT2D eigenvalue weighted by molar-refractivity contribution is 9.10. The van der Waals surface area contributed by atoms with Crippen LogP contribution in [0.2, 0.25) is 30.7 Å². The van der Waals surface area contributed by atoms with Crippen molar-refractivity contribution in [1.82, 2.24) is 19.7 Å². The molecular weight excluding hydrogens is 416 g/mol. The molecule has 0 unspecified atom stereocenters. The number of hydrogen-bond donors (Lipinski definition) is 0. The average Bonchev–Trinajstić information content (AvgIpc) is 2.85. The predicted molar refractivity (Wildman–Crippen MR) is 102 cm³/mol. The molecule has 0 atom stereocenters. The Bertz CT molecular complexity index is 677. The first-order valence-corrected chi connectivity index (χ1v) is 13.3. The van der Waals surface area contributed by atoms with Crippen molar-refractivity contribution in [1.29, 1.82) is 0 Å². The fraction of sp³-hybridized carbons (Fsp3) is 0.500. The second-order valence-corrected chi connectivity index (χ2v) is 14.0. The number of pyridine rings is 1. The van der Waals surface area contributed by atoms with Crippen LogP contribution < -0.4 is 0 Å². The van der Waals surface area contributed by atoms with E-state index in [1.54, 1.807) is 16.9 Å². The van der Waals surface area contributed by atoms with E-state index < -0.39 is 8.07 Å². The molecule has 0 saturated carbocycles. The van der Waals surface area contributed by atoms with E-state index >= 15 is 0 Å². The molecule has 2 aromatic rings. The summed E-state index contributed by atoms with van der Waals surface area (Å²) in [6.07, 6.45) is 3.65. The smallest absolute Gasteiger partial charge is 0.202 e. The summed E-state index contributed by atoms with van der Waals surface area (Å²) in [6, 6.07) is 2.91. The third-order valence-corrected chi connectivity index (χ3v) is 6.14. The molecule has 0 aliphatic carbocycles. The second-order valence-electron chi connectivity index (χ2n) is 6.25. The molecule has 23 heavy (non-hydrogen) atoms. The van der Waals surface area contributed by atoms with Gasteiger partial charge in [-0.1, -0.05) is 43.0 Å². The maximum absolute atomic E-state index is 6.23. The van der Waals surface area contributed by atoms with Crippen LogP contribution in [-0.2, 0) is 11.5 Å². The van der Waals surface area contributed by atoms with Gasteiger partial charge in [-0.2, -0.15) is 4.98 Å². The number of halogens is 2. The third kappa shape index (κ3) is 5.56. The zero-order valence-corrected chi connectivity index (χ0v) is 17.8. The lowest BCUT2D eigenvalue weighted by Crippen LogP contribution is -2.22. The summed E-state index contributed by atoms with van der Waals surface area (Å²) in [5.74, 6) is 0.514. The van der Waals surface area contributed by atoms with Crippen LogP contribution in [0.25, 0.3) is 11.5 Å². The Morgan fingerprint density at radius 2 is 2.13 bits per heavy atom. The van der Waals surface area contributed by atoms with Crippen molar-refractivity contribution >= 4 is 47.4 Å². The van der Waals surface area contributed by atoms with Crippen LogP contribution in [0.4, 0.5) is 0 Å². The highest BCUT2D eigenvalue weighted by Gasteiger charge is 2.16. The highest BCUT2D eigenvalue weighted by Crippen LogP contribution is 2.27. The molecule has 0 N–H and O–H groups in total. The Kier molecular flexibility index (Phi) is 6.67. The lowest BCUT2D eigenvalue weighted by atomic mass is 10.3. The van der Waals surface area contributed by atoms with Gasteiger partial charge in [0.25, 0.3) is 0 Å². The van der Waals surface area contributed by atoms with Crippen LogP contribution in [0.15, 0.2) is 21.9 Å². The van der Waals surface area contributed by atoms with Crippen LogP contribution in [0.3, 0.4) is 0 Å². The van der Waals surface area contributed by atoms with Crippen molar-refractivity contribution in [3.8, 4) is 11.5 Å². The first-order valence-electron chi connectivity index (χ1n) is 7.18. The zero-order valence-electron chi connectivity index (χ0n) is 13.6. The molecule has 2 rings (SSSR count). The van der Waals surface area contributed by atoms with Crippen molar-refractivity contribution in [3.05, 3.63) is 21.8 Å². The zero-order chi connectivity index (χ0) is 17.0. The molecule has 2 aromatic heterocycles. The summed E-state index contributed by atoms with van der Waals surface area (Å²) in [7, 11) is -1.08. The topological polar surface area (TPSA) is 52.8 Å². The first-order chi connectivity index (χ1) is 10.8. The number of thioether (sulfide) groups is 1. The number of aromatic nitrogens is 4. The summed E-state index contributed by atoms with van der Waals surface area (Å²) in [5, 5.41) is 5.79. The summed E-state index contributed by atoms with van der Waals surface area (Å²) in [4.78, 5) is 8.80. The van der Waals surface area contributed by atoms with Gasteiger partial charge in [-0.3, -0.25) is 4.98 Å². The molecule has 126 valence electrons. The van der Waals surface area contributed by atoms with Crippen LogP contribution in [0.5, 0.6) is 0 Å². The van der Waals surface area contributed by atoms with E-state index in [4.69, 9.17) is 16.3 Å². The Labute approximate surface area is 155 Å². The molecule has 2 heterocycles. The van der Waals surface area contributed by atoms with Gasteiger partial charge in [0.05, 0.1) is 5.02 Å². The molecule has 0 spiro atoms. The minimum atomic E-state index is -1.08. The maximum atomic E-state index is 6.23. The van der Waals surface area contributed by atoms with Gasteiger partial charge in [-0.15, -0.1) is 5.10 Å². The number of rotatable bonds is 7. The molecule has 0 fully saturated rings. The Hall–Kier alpha value is -0.413. The number of hydrogen-bond acceptors (Lipinski definition) is 5. The molecule has 0 aliphatic rings. The van der Waals surface area contributed by atoms with Gasteiger partial charge >= 0.3 is 0 Å². The van der Waals surface area contributed by atoms with Crippen LogP contribution in [-0.4, -0.2) is 40.7 Å². The Morgan fingerprint density at radius 3 is 2.74 bits per heavy atom. The molecule has 0 saturated heterocycles. The van der Waals surface area contributed by atoms with Gasteiger partial charge in [-0.25, -0.2) is 4.68 Å². The standard InChI is InChI=1S/C14H20BrClN4OSSi/c1-22-14-18-13(12-11(16)7-10(15)8-17-12)19-20(14)9-21-5-6-23(2,3)4/h7-8H,5-6,9H2,1-4H3. The largest absolute Gasteiger partial charge is 0.359 e. The van der Waals surface area contributed by atoms with Gasteiger partial charge in [0.15, 0.2) is 5.16 Å². The highest BCUT2D eigenvalue weighted by atomic mass is 79.9. The fourth-order valence-electron chi connectivity index (χ4n) is 1.77. The number of ether oxygens (including phenoxy) is 1. The third-order valence-electron chi connectivity index (χ3n) is 3.05. The number of nitrogens with zero attached hydrogens (tertiary/aromatic N) is 4. The molecule has 5 nitrogen and oxygen atoms in total. The van der Waals surface area contributed by atoms with Crippen LogP contribution in [0.1, 0.15) is 0 Å². The van der Waals surface area contributed by atoms with E-state index in [1.165, 1.54) is 11.8 Å². The molecule has 9 heteroatoms. The van der Waals surface area contributed by atoms with Crippen molar-refractivity contribution in [2.45, 2.75) is 37.6 Å². The van der Waals surface area contributed by atoms with E-state index in [1.807, 2.05) is 6.26 Å². The average molecular weight is 436 g/mol. The van der Waals surface area contributed by atoms with Crippen molar-refractivity contribution < 1.29 is 4.74 Å². The van der Waals surface area contributed by atoms with Crippen LogP contribution >= 0.6 is 39.3 Å². The lowest BCUT2D eigenvalue weighted by molar-refractivity contribution is 0.0720. The molecule has 0 aliphatic heterocycles. The van der Waals surface area contributed by atoms with E-state index in [9.17, 15) is 0 Å². The monoisotopic (exact) mass is 434 g/mol. The maximum Gasteiger partial charge on any atom is 0.202 e. The molecule has 0 aromatic carbocycles. The second kappa shape index (κ2) is 8.11. The predicted octanol–water partition coefficient (Wildman–Crippen LogP) is 4.79. The molecule has 0 radical (unpaired) electrons. The summed E-state index contributed by atoms with van der Waals surface area (Å²) < 4.78 is 8.34. The lowest BCUT2D eigenvalue weighted by Gasteiger charge is -2.15. The van der Waals surface area contributed by atoms with Crippen molar-refractivity contribution in [3.63, 3.8) is 0 Å². The fourth-order valence-corrected chi connectivity index (χ4v) is 3.72. The minimum Gasteiger partial charge on any atom is -0.359 e. The normalized spacial score (nSPS) is 11.9. The van der Waals surface area contributed by atoms with Crippen molar-refractivity contribution in [2.75, 3.05) is 12.9 Å². The van der Waals surface area contributed by atoms with Gasteiger partial charge in [0.2, 0.25) is 5.82 Å². The van der Waals surface area contributed by atoms with E-state index in [-0.39, 0.29) is 0 Å². The molecule has 0 bridgehead atoms. The van der Waals surface area contributed by atoms with Gasteiger partial charge in [0, 0.05) is 25.4 Å². The Balaban J connectivity index is 2.11. The van der Waals surface area contributed by atoms with E-state index in [0.29, 0.717) is 23.3 Å². The minimum absolute atomic E-state index is 0.391. The van der Waals surface area contributed by atoms with Crippen LogP contribution in [0, 0.1) is 0 Å². The SMILES string of the molecule is CSc1nc(-c2ncc(Br)cc2Cl)nn1COCC[Si](C)(C)C. The van der Waals surface area contributed by atoms with Crippen molar-refractivity contribution in [2.24, 2.45) is 0 Å². The van der Waals surface area contributed by atoms with Gasteiger partial charge in [0.1, 0.15) is 12.4 Å². The molecule has 0 amide bonds. The quantitative estimate of drug-likeness (QED) is 0.355. The van der Waals surface area contributed by atoms with Gasteiger partial charge < -0.3 is 4.74 Å². The summed E-state index contributed by atoms with van der Waals surface area (Å²) >= 11 is 11.1. The Morgan fingerprint density at radius 1 is 1.39 bits per heavy atom. The first kappa shape index (κ1) is 18.9. The summed E-state index contributed by atoms with van der Waals surface area (Å²) in [5.41, 5.74) is 0.575. The van der Waals surface area contributed by atoms with E-state index in [2.05, 4.69) is 50.6 Å².